The highest BCUT2D eigenvalue weighted by Crippen LogP contribution is 2.51. The first-order valence-corrected chi connectivity index (χ1v) is 12.5. The molecule has 168 valence electrons. The third-order valence-corrected chi connectivity index (χ3v) is 8.40. The molecule has 1 unspecified atom stereocenters. The standard InChI is InChI=1S/C29H36NOP/c1-7-29(8-2,32-27-15-14-21(3)17-25(27)19-30-6)26-18-22(4)16-23(5)28(26)31-20-24-12-10-9-11-13-24/h9-19,32H,7-8,20H2,1-6H3/b30-19+. The van der Waals surface area contributed by atoms with E-state index in [0.29, 0.717) is 15.2 Å². The van der Waals surface area contributed by atoms with E-state index < -0.39 is 0 Å². The summed E-state index contributed by atoms with van der Waals surface area (Å²) < 4.78 is 6.53. The Morgan fingerprint density at radius 2 is 1.62 bits per heavy atom. The zero-order valence-electron chi connectivity index (χ0n) is 20.3. The maximum absolute atomic E-state index is 6.53. The number of aryl methyl sites for hydroxylation is 3. The summed E-state index contributed by atoms with van der Waals surface area (Å²) in [7, 11) is 2.49. The molecule has 3 heteroatoms. The molecule has 3 rings (SSSR count). The van der Waals surface area contributed by atoms with Gasteiger partial charge in [-0.2, -0.15) is 0 Å². The van der Waals surface area contributed by atoms with Gasteiger partial charge in [-0.05, 0) is 61.7 Å². The van der Waals surface area contributed by atoms with Crippen molar-refractivity contribution in [3.63, 3.8) is 0 Å². The number of aliphatic imine (C=N–C) groups is 1. The van der Waals surface area contributed by atoms with Crippen molar-refractivity contribution in [2.45, 2.75) is 59.2 Å². The van der Waals surface area contributed by atoms with Gasteiger partial charge < -0.3 is 4.74 Å². The first-order valence-electron chi connectivity index (χ1n) is 11.5. The first-order chi connectivity index (χ1) is 15.4. The lowest BCUT2D eigenvalue weighted by Gasteiger charge is -2.35. The van der Waals surface area contributed by atoms with Crippen LogP contribution in [0, 0.1) is 20.8 Å². The van der Waals surface area contributed by atoms with E-state index >= 15 is 0 Å². The van der Waals surface area contributed by atoms with Gasteiger partial charge in [0.25, 0.3) is 0 Å². The molecule has 3 aromatic carbocycles. The van der Waals surface area contributed by atoms with Crippen LogP contribution < -0.4 is 10.0 Å². The second-order valence-corrected chi connectivity index (χ2v) is 10.4. The van der Waals surface area contributed by atoms with Crippen molar-refractivity contribution in [3.05, 3.63) is 94.0 Å². The van der Waals surface area contributed by atoms with Gasteiger partial charge >= 0.3 is 0 Å². The molecule has 3 aromatic rings. The Hall–Kier alpha value is -2.44. The molecule has 0 aliphatic carbocycles. The van der Waals surface area contributed by atoms with E-state index in [1.807, 2.05) is 19.3 Å². The third-order valence-electron chi connectivity index (χ3n) is 6.22. The summed E-state index contributed by atoms with van der Waals surface area (Å²) in [5.74, 6) is 1.05. The smallest absolute Gasteiger partial charge is 0.126 e. The van der Waals surface area contributed by atoms with Gasteiger partial charge in [0.2, 0.25) is 0 Å². The number of nitrogens with zero attached hydrogens (tertiary/aromatic N) is 1. The van der Waals surface area contributed by atoms with Gasteiger partial charge in [0, 0.05) is 24.0 Å². The van der Waals surface area contributed by atoms with E-state index in [-0.39, 0.29) is 5.16 Å². The van der Waals surface area contributed by atoms with Crippen LogP contribution in [0.4, 0.5) is 0 Å². The lowest BCUT2D eigenvalue weighted by molar-refractivity contribution is 0.296. The zero-order valence-corrected chi connectivity index (χ0v) is 21.3. The summed E-state index contributed by atoms with van der Waals surface area (Å²) in [6.45, 7) is 11.7. The maximum Gasteiger partial charge on any atom is 0.126 e. The van der Waals surface area contributed by atoms with Crippen molar-refractivity contribution in [1.82, 2.24) is 0 Å². The SMILES string of the molecule is CCC(CC)(Pc1ccc(C)cc1/C=N/C)c1cc(C)cc(C)c1OCc1ccccc1. The fraction of sp³-hybridized carbons (Fsp3) is 0.345. The summed E-state index contributed by atoms with van der Waals surface area (Å²) in [5, 5.41) is 1.40. The van der Waals surface area contributed by atoms with Crippen molar-refractivity contribution in [1.29, 1.82) is 0 Å². The fourth-order valence-corrected chi connectivity index (χ4v) is 6.04. The van der Waals surface area contributed by atoms with Gasteiger partial charge in [0.1, 0.15) is 12.4 Å². The molecule has 0 bridgehead atoms. The highest BCUT2D eigenvalue weighted by atomic mass is 31.1. The normalized spacial score (nSPS) is 12.2. The molecule has 0 heterocycles. The van der Waals surface area contributed by atoms with Crippen LogP contribution in [0.2, 0.25) is 0 Å². The Morgan fingerprint density at radius 1 is 0.906 bits per heavy atom. The Balaban J connectivity index is 2.07. The molecule has 32 heavy (non-hydrogen) atoms. The Morgan fingerprint density at radius 3 is 2.28 bits per heavy atom. The zero-order chi connectivity index (χ0) is 23.1. The average molecular weight is 446 g/mol. The topological polar surface area (TPSA) is 21.6 Å². The number of ether oxygens (including phenoxy) is 1. The molecule has 0 saturated carbocycles. The highest BCUT2D eigenvalue weighted by Gasteiger charge is 2.33. The van der Waals surface area contributed by atoms with Crippen molar-refractivity contribution < 1.29 is 4.74 Å². The van der Waals surface area contributed by atoms with E-state index in [2.05, 4.69) is 94.2 Å². The van der Waals surface area contributed by atoms with Crippen molar-refractivity contribution in [2.24, 2.45) is 4.99 Å². The summed E-state index contributed by atoms with van der Waals surface area (Å²) >= 11 is 0. The summed E-state index contributed by atoms with van der Waals surface area (Å²) in [5.41, 5.74) is 7.54. The predicted molar refractivity (Wildman–Crippen MR) is 142 cm³/mol. The van der Waals surface area contributed by atoms with Crippen molar-refractivity contribution in [2.75, 3.05) is 7.05 Å². The van der Waals surface area contributed by atoms with Crippen LogP contribution in [0.15, 0.2) is 65.7 Å². The lowest BCUT2D eigenvalue weighted by Crippen LogP contribution is -2.24. The highest BCUT2D eigenvalue weighted by molar-refractivity contribution is 7.48. The summed E-state index contributed by atoms with van der Waals surface area (Å²) in [6, 6.07) is 21.8. The van der Waals surface area contributed by atoms with E-state index in [4.69, 9.17) is 4.74 Å². The molecule has 2 nitrogen and oxygen atoms in total. The van der Waals surface area contributed by atoms with E-state index in [9.17, 15) is 0 Å². The molecule has 0 saturated heterocycles. The van der Waals surface area contributed by atoms with Gasteiger partial charge in [-0.1, -0.05) is 88.2 Å². The molecule has 0 aliphatic rings. The fourth-order valence-electron chi connectivity index (χ4n) is 4.41. The van der Waals surface area contributed by atoms with Crippen LogP contribution in [0.5, 0.6) is 5.75 Å². The van der Waals surface area contributed by atoms with Gasteiger partial charge in [-0.15, -0.1) is 0 Å². The summed E-state index contributed by atoms with van der Waals surface area (Å²) in [4.78, 5) is 4.33. The second-order valence-electron chi connectivity index (χ2n) is 8.62. The van der Waals surface area contributed by atoms with Crippen LogP contribution in [0.1, 0.15) is 60.1 Å². The van der Waals surface area contributed by atoms with Crippen LogP contribution in [-0.4, -0.2) is 13.3 Å². The minimum absolute atomic E-state index is 0.0222. The predicted octanol–water partition coefficient (Wildman–Crippen LogP) is 7.26. The largest absolute Gasteiger partial charge is 0.488 e. The monoisotopic (exact) mass is 445 g/mol. The van der Waals surface area contributed by atoms with Gasteiger partial charge in [0.15, 0.2) is 0 Å². The molecular formula is C29H36NOP. The average Bonchev–Trinajstić information content (AvgIpc) is 2.79. The minimum Gasteiger partial charge on any atom is -0.488 e. The molecule has 0 fully saturated rings. The van der Waals surface area contributed by atoms with Crippen LogP contribution in [0.3, 0.4) is 0 Å². The van der Waals surface area contributed by atoms with Crippen LogP contribution in [-0.2, 0) is 11.8 Å². The number of benzene rings is 3. The number of hydrogen-bond acceptors (Lipinski definition) is 2. The minimum atomic E-state index is 0.0222. The lowest BCUT2D eigenvalue weighted by atomic mass is 9.89. The van der Waals surface area contributed by atoms with Gasteiger partial charge in [-0.25, -0.2) is 0 Å². The first kappa shape index (κ1) is 24.2. The number of hydrogen-bond donors (Lipinski definition) is 0. The Labute approximate surface area is 195 Å². The van der Waals surface area contributed by atoms with E-state index in [1.165, 1.54) is 38.7 Å². The number of rotatable bonds is 9. The molecule has 0 N–H and O–H groups in total. The molecule has 0 aromatic heterocycles. The molecule has 0 radical (unpaired) electrons. The Kier molecular flexibility index (Phi) is 8.26. The molecular weight excluding hydrogens is 409 g/mol. The van der Waals surface area contributed by atoms with Gasteiger partial charge in [0.05, 0.1) is 0 Å². The second kappa shape index (κ2) is 10.9. The molecule has 0 aliphatic heterocycles. The van der Waals surface area contributed by atoms with Crippen LogP contribution >= 0.6 is 8.58 Å². The van der Waals surface area contributed by atoms with Crippen molar-refractivity contribution >= 4 is 20.1 Å². The Bertz CT molecular complexity index is 1070. The molecule has 0 amide bonds. The quantitative estimate of drug-likeness (QED) is 0.251. The molecule has 1 atom stereocenters. The van der Waals surface area contributed by atoms with E-state index in [0.717, 1.165) is 18.6 Å². The van der Waals surface area contributed by atoms with Crippen molar-refractivity contribution in [3.8, 4) is 5.75 Å². The molecule has 0 spiro atoms. The maximum atomic E-state index is 6.53. The van der Waals surface area contributed by atoms with E-state index in [1.54, 1.807) is 0 Å². The van der Waals surface area contributed by atoms with Crippen LogP contribution in [0.25, 0.3) is 0 Å². The summed E-state index contributed by atoms with van der Waals surface area (Å²) in [6.07, 6.45) is 4.12. The third kappa shape index (κ3) is 5.48. The van der Waals surface area contributed by atoms with Gasteiger partial charge in [-0.3, -0.25) is 4.99 Å².